The molecule has 0 aliphatic carbocycles. The number of nitrogens with zero attached hydrogens (tertiary/aromatic N) is 6. The smallest absolute Gasteiger partial charge is 0.358 e. The minimum atomic E-state index is -0.470. The largest absolute Gasteiger partial charge is 0.464 e. The van der Waals surface area contributed by atoms with Crippen LogP contribution in [-0.2, 0) is 18.9 Å². The summed E-state index contributed by atoms with van der Waals surface area (Å²) in [6.45, 7) is 5.74. The van der Waals surface area contributed by atoms with Gasteiger partial charge in [0.05, 0.1) is 65.4 Å². The Morgan fingerprint density at radius 3 is 1.44 bits per heavy atom. The molecule has 32 heavy (non-hydrogen) atoms. The molecule has 2 saturated heterocycles. The third-order valence-electron chi connectivity index (χ3n) is 4.70. The number of carbonyl (C=O) groups is 2. The Labute approximate surface area is 185 Å². The molecule has 0 spiro atoms. The van der Waals surface area contributed by atoms with Crippen molar-refractivity contribution in [3.05, 3.63) is 36.2 Å². The van der Waals surface area contributed by atoms with Gasteiger partial charge in [-0.15, -0.1) is 0 Å². The fourth-order valence-electron chi connectivity index (χ4n) is 3.01. The number of ether oxygens (including phenoxy) is 4. The summed E-state index contributed by atoms with van der Waals surface area (Å²) in [6, 6.07) is 0. The number of aromatic nitrogens is 4. The van der Waals surface area contributed by atoms with Gasteiger partial charge >= 0.3 is 11.9 Å². The van der Waals surface area contributed by atoms with Gasteiger partial charge in [0.2, 0.25) is 0 Å². The van der Waals surface area contributed by atoms with Crippen LogP contribution in [0.25, 0.3) is 0 Å². The van der Waals surface area contributed by atoms with E-state index < -0.39 is 11.9 Å². The van der Waals surface area contributed by atoms with E-state index in [0.717, 1.165) is 26.2 Å². The lowest BCUT2D eigenvalue weighted by Gasteiger charge is -2.27. The fraction of sp³-hybridized carbons (Fsp3) is 0.500. The zero-order valence-electron chi connectivity index (χ0n) is 18.1. The normalized spacial score (nSPS) is 15.9. The Balaban J connectivity index is 0.000000181. The van der Waals surface area contributed by atoms with E-state index in [1.54, 1.807) is 12.4 Å². The number of rotatable bonds is 4. The van der Waals surface area contributed by atoms with Crippen LogP contribution in [0.5, 0.6) is 0 Å². The van der Waals surface area contributed by atoms with E-state index in [9.17, 15) is 9.59 Å². The molecule has 0 bridgehead atoms. The van der Waals surface area contributed by atoms with E-state index in [0.29, 0.717) is 38.1 Å². The predicted molar refractivity (Wildman–Crippen MR) is 113 cm³/mol. The highest BCUT2D eigenvalue weighted by molar-refractivity contribution is 5.87. The second-order valence-electron chi connectivity index (χ2n) is 6.71. The molecule has 2 aromatic heterocycles. The van der Waals surface area contributed by atoms with E-state index in [1.807, 2.05) is 9.80 Å². The fourth-order valence-corrected chi connectivity index (χ4v) is 3.01. The van der Waals surface area contributed by atoms with E-state index in [-0.39, 0.29) is 11.4 Å². The summed E-state index contributed by atoms with van der Waals surface area (Å²) >= 11 is 0. The van der Waals surface area contributed by atoms with Crippen LogP contribution in [0.15, 0.2) is 24.8 Å². The molecule has 4 heterocycles. The van der Waals surface area contributed by atoms with Crippen LogP contribution in [-0.4, -0.2) is 98.7 Å². The quantitative estimate of drug-likeness (QED) is 0.595. The molecule has 172 valence electrons. The van der Waals surface area contributed by atoms with Gasteiger partial charge < -0.3 is 28.7 Å². The number of hydrogen-bond acceptors (Lipinski definition) is 12. The van der Waals surface area contributed by atoms with Gasteiger partial charge in [-0.2, -0.15) is 0 Å². The highest BCUT2D eigenvalue weighted by Crippen LogP contribution is 2.13. The standard InChI is InChI=1S/2C10H13N3O3/c2*1-15-10(14)8-6-11-7-9(12-8)13-2-4-16-5-3-13/h2*6-7H,2-5H2,1H3. The summed E-state index contributed by atoms with van der Waals surface area (Å²) in [5.41, 5.74) is 0.456. The first-order valence-corrected chi connectivity index (χ1v) is 10.1. The van der Waals surface area contributed by atoms with Crippen LogP contribution < -0.4 is 9.80 Å². The molecule has 2 fully saturated rings. The maximum atomic E-state index is 11.3. The first-order chi connectivity index (χ1) is 15.6. The summed E-state index contributed by atoms with van der Waals surface area (Å²) in [4.78, 5) is 43.0. The molecular formula is C20H26N6O6. The molecule has 0 N–H and O–H groups in total. The third-order valence-corrected chi connectivity index (χ3v) is 4.70. The Kier molecular flexibility index (Phi) is 8.63. The second-order valence-corrected chi connectivity index (χ2v) is 6.71. The average Bonchev–Trinajstić information content (AvgIpc) is 2.89. The molecule has 0 saturated carbocycles. The van der Waals surface area contributed by atoms with Gasteiger partial charge in [-0.1, -0.05) is 0 Å². The first-order valence-electron chi connectivity index (χ1n) is 10.1. The van der Waals surface area contributed by atoms with Crippen molar-refractivity contribution < 1.29 is 28.5 Å². The van der Waals surface area contributed by atoms with Gasteiger partial charge in [-0.05, 0) is 0 Å². The topological polar surface area (TPSA) is 129 Å². The molecular weight excluding hydrogens is 420 g/mol. The lowest BCUT2D eigenvalue weighted by molar-refractivity contribution is 0.0584. The van der Waals surface area contributed by atoms with Crippen molar-refractivity contribution in [1.29, 1.82) is 0 Å². The lowest BCUT2D eigenvalue weighted by atomic mass is 10.4. The zero-order valence-corrected chi connectivity index (χ0v) is 18.1. The molecule has 0 aromatic carbocycles. The Morgan fingerprint density at radius 2 is 1.09 bits per heavy atom. The number of anilines is 2. The van der Waals surface area contributed by atoms with E-state index in [4.69, 9.17) is 9.47 Å². The van der Waals surface area contributed by atoms with Crippen molar-refractivity contribution in [2.75, 3.05) is 76.6 Å². The lowest BCUT2D eigenvalue weighted by Crippen LogP contribution is -2.37. The van der Waals surface area contributed by atoms with Crippen molar-refractivity contribution in [2.24, 2.45) is 0 Å². The molecule has 0 atom stereocenters. The van der Waals surface area contributed by atoms with E-state index in [2.05, 4.69) is 29.4 Å². The van der Waals surface area contributed by atoms with Gasteiger partial charge in [-0.3, -0.25) is 9.97 Å². The molecule has 2 aliphatic rings. The number of carbonyl (C=O) groups excluding carboxylic acids is 2. The number of morpholine rings is 2. The van der Waals surface area contributed by atoms with Crippen molar-refractivity contribution in [1.82, 2.24) is 19.9 Å². The molecule has 12 heteroatoms. The molecule has 4 rings (SSSR count). The van der Waals surface area contributed by atoms with Crippen LogP contribution in [0, 0.1) is 0 Å². The monoisotopic (exact) mass is 446 g/mol. The van der Waals surface area contributed by atoms with Crippen molar-refractivity contribution in [2.45, 2.75) is 0 Å². The van der Waals surface area contributed by atoms with Gasteiger partial charge in [0, 0.05) is 26.2 Å². The average molecular weight is 446 g/mol. The van der Waals surface area contributed by atoms with Gasteiger partial charge in [-0.25, -0.2) is 19.6 Å². The minimum Gasteiger partial charge on any atom is -0.464 e. The van der Waals surface area contributed by atoms with Crippen LogP contribution in [0.1, 0.15) is 21.0 Å². The SMILES string of the molecule is COC(=O)c1cncc(N2CCOCC2)n1.COC(=O)c1cncc(N2CCOCC2)n1. The molecule has 2 aromatic rings. The number of hydrogen-bond donors (Lipinski definition) is 0. The first kappa shape index (κ1) is 23.3. The van der Waals surface area contributed by atoms with Gasteiger partial charge in [0.25, 0.3) is 0 Å². The second kappa shape index (κ2) is 11.9. The Hall–Kier alpha value is -3.38. The van der Waals surface area contributed by atoms with Crippen LogP contribution in [0.2, 0.25) is 0 Å². The summed E-state index contributed by atoms with van der Waals surface area (Å²) in [6.07, 6.45) is 6.07. The Bertz CT molecular complexity index is 828. The Morgan fingerprint density at radius 1 is 0.719 bits per heavy atom. The van der Waals surface area contributed by atoms with Crippen molar-refractivity contribution in [3.63, 3.8) is 0 Å². The number of esters is 2. The molecule has 12 nitrogen and oxygen atoms in total. The van der Waals surface area contributed by atoms with Crippen molar-refractivity contribution in [3.8, 4) is 0 Å². The zero-order chi connectivity index (χ0) is 22.8. The summed E-state index contributed by atoms with van der Waals surface area (Å²) in [5.74, 6) is 0.433. The predicted octanol–water partition coefficient (Wildman–Crippen LogP) is 0.200. The highest BCUT2D eigenvalue weighted by Gasteiger charge is 2.16. The highest BCUT2D eigenvalue weighted by atomic mass is 16.5. The maximum Gasteiger partial charge on any atom is 0.358 e. The van der Waals surface area contributed by atoms with Crippen molar-refractivity contribution >= 4 is 23.6 Å². The number of methoxy groups -OCH3 is 2. The molecule has 0 amide bonds. The van der Waals surface area contributed by atoms with E-state index >= 15 is 0 Å². The summed E-state index contributed by atoms with van der Waals surface area (Å²) in [7, 11) is 2.65. The minimum absolute atomic E-state index is 0.228. The van der Waals surface area contributed by atoms with Crippen LogP contribution >= 0.6 is 0 Å². The summed E-state index contributed by atoms with van der Waals surface area (Å²) in [5, 5.41) is 0. The molecule has 0 radical (unpaired) electrons. The maximum absolute atomic E-state index is 11.3. The molecule has 0 unspecified atom stereocenters. The molecule has 2 aliphatic heterocycles. The summed E-state index contributed by atoms with van der Waals surface area (Å²) < 4.78 is 19.7. The van der Waals surface area contributed by atoms with Gasteiger partial charge in [0.15, 0.2) is 11.4 Å². The van der Waals surface area contributed by atoms with E-state index in [1.165, 1.54) is 26.6 Å². The van der Waals surface area contributed by atoms with Gasteiger partial charge in [0.1, 0.15) is 11.6 Å². The third kappa shape index (κ3) is 6.31. The van der Waals surface area contributed by atoms with Crippen LogP contribution in [0.4, 0.5) is 11.6 Å². The van der Waals surface area contributed by atoms with Crippen LogP contribution in [0.3, 0.4) is 0 Å².